The quantitative estimate of drug-likeness (QED) is 0.857. The number of alkyl halides is 2. The van der Waals surface area contributed by atoms with E-state index in [4.69, 9.17) is 5.11 Å². The molecular formula is C10H10BrF2N3O3. The molecule has 2 heterocycles. The third-order valence-corrected chi connectivity index (χ3v) is 3.61. The fourth-order valence-corrected chi connectivity index (χ4v) is 2.25. The lowest BCUT2D eigenvalue weighted by Gasteiger charge is -2.16. The number of hydrogen-bond acceptors (Lipinski definition) is 4. The van der Waals surface area contributed by atoms with E-state index in [0.717, 1.165) is 0 Å². The molecule has 9 heteroatoms. The smallest absolute Gasteiger partial charge is 0.308 e. The van der Waals surface area contributed by atoms with Gasteiger partial charge in [0.15, 0.2) is 0 Å². The van der Waals surface area contributed by atoms with Crippen molar-refractivity contribution in [2.24, 2.45) is 11.8 Å². The van der Waals surface area contributed by atoms with E-state index in [1.807, 2.05) is 0 Å². The van der Waals surface area contributed by atoms with Crippen molar-refractivity contribution in [1.82, 2.24) is 9.97 Å². The number of aromatic amines is 1. The largest absolute Gasteiger partial charge is 0.481 e. The third kappa shape index (κ3) is 2.75. The number of nitrogens with zero attached hydrogens (tertiary/aromatic N) is 2. The SMILES string of the molecule is O=C(O)[C@@H]1CN(c2ncc(Br)c(=O)[nH]2)C[C@H]1C(F)F. The molecule has 19 heavy (non-hydrogen) atoms. The lowest BCUT2D eigenvalue weighted by Crippen LogP contribution is -2.27. The van der Waals surface area contributed by atoms with E-state index in [1.165, 1.54) is 11.1 Å². The second kappa shape index (κ2) is 5.24. The van der Waals surface area contributed by atoms with Crippen LogP contribution in [0.5, 0.6) is 0 Å². The van der Waals surface area contributed by atoms with Crippen LogP contribution >= 0.6 is 15.9 Å². The van der Waals surface area contributed by atoms with Crippen LogP contribution in [0.25, 0.3) is 0 Å². The molecule has 1 aliphatic heterocycles. The molecule has 0 aliphatic carbocycles. The van der Waals surface area contributed by atoms with Gasteiger partial charge in [-0.15, -0.1) is 0 Å². The summed E-state index contributed by atoms with van der Waals surface area (Å²) in [5.74, 6) is -3.62. The molecule has 1 aliphatic rings. The number of aromatic nitrogens is 2. The minimum Gasteiger partial charge on any atom is -0.481 e. The minimum absolute atomic E-state index is 0.0996. The summed E-state index contributed by atoms with van der Waals surface area (Å²) in [6.07, 6.45) is -1.48. The standard InChI is InChI=1S/C10H10BrF2N3O3/c11-6-1-14-10(15-8(6)17)16-2-4(7(12)13)5(3-16)9(18)19/h1,4-5,7H,2-3H2,(H,18,19)(H,14,15,17)/t4-,5-/m1/s1. The fraction of sp³-hybridized carbons (Fsp3) is 0.500. The van der Waals surface area contributed by atoms with Gasteiger partial charge >= 0.3 is 5.97 Å². The number of carboxylic acid groups (broad SMARTS) is 1. The van der Waals surface area contributed by atoms with Gasteiger partial charge in [0.1, 0.15) is 4.47 Å². The molecule has 0 amide bonds. The molecule has 0 unspecified atom stereocenters. The van der Waals surface area contributed by atoms with Crippen LogP contribution in [0.4, 0.5) is 14.7 Å². The predicted molar refractivity (Wildman–Crippen MR) is 65.4 cm³/mol. The van der Waals surface area contributed by atoms with Crippen LogP contribution in [-0.2, 0) is 4.79 Å². The van der Waals surface area contributed by atoms with Crippen LogP contribution in [0.1, 0.15) is 0 Å². The van der Waals surface area contributed by atoms with Gasteiger partial charge in [-0.05, 0) is 15.9 Å². The van der Waals surface area contributed by atoms with Crippen molar-refractivity contribution in [2.45, 2.75) is 6.43 Å². The molecule has 0 spiro atoms. The Bertz CT molecular complexity index is 551. The summed E-state index contributed by atoms with van der Waals surface area (Å²) in [5, 5.41) is 8.94. The summed E-state index contributed by atoms with van der Waals surface area (Å²) < 4.78 is 25.8. The molecule has 0 saturated carbocycles. The normalized spacial score (nSPS) is 23.1. The Labute approximate surface area is 114 Å². The van der Waals surface area contributed by atoms with Gasteiger partial charge in [0.2, 0.25) is 12.4 Å². The molecule has 2 atom stereocenters. The average molecular weight is 338 g/mol. The van der Waals surface area contributed by atoms with Crippen molar-refractivity contribution >= 4 is 27.8 Å². The number of carbonyl (C=O) groups is 1. The van der Waals surface area contributed by atoms with Gasteiger partial charge in [0.25, 0.3) is 5.56 Å². The molecule has 6 nitrogen and oxygen atoms in total. The maximum atomic E-state index is 12.8. The van der Waals surface area contributed by atoms with E-state index in [2.05, 4.69) is 25.9 Å². The number of carboxylic acids is 1. The van der Waals surface area contributed by atoms with E-state index in [-0.39, 0.29) is 23.5 Å². The lowest BCUT2D eigenvalue weighted by molar-refractivity contribution is -0.144. The van der Waals surface area contributed by atoms with E-state index in [1.54, 1.807) is 0 Å². The number of H-pyrrole nitrogens is 1. The Morgan fingerprint density at radius 3 is 2.74 bits per heavy atom. The second-order valence-corrected chi connectivity index (χ2v) is 5.09. The first kappa shape index (κ1) is 13.9. The molecule has 1 fully saturated rings. The monoisotopic (exact) mass is 337 g/mol. The molecule has 104 valence electrons. The van der Waals surface area contributed by atoms with Gasteiger partial charge < -0.3 is 10.0 Å². The lowest BCUT2D eigenvalue weighted by atomic mass is 9.97. The van der Waals surface area contributed by atoms with Gasteiger partial charge in [0.05, 0.1) is 18.0 Å². The summed E-state index contributed by atoms with van der Waals surface area (Å²) in [4.78, 5) is 30.0. The van der Waals surface area contributed by atoms with Crippen molar-refractivity contribution in [3.05, 3.63) is 21.0 Å². The van der Waals surface area contributed by atoms with Crippen LogP contribution in [0.15, 0.2) is 15.5 Å². The van der Waals surface area contributed by atoms with Crippen LogP contribution in [0.2, 0.25) is 0 Å². The molecule has 0 bridgehead atoms. The third-order valence-electron chi connectivity index (χ3n) is 3.05. The molecule has 1 aromatic heterocycles. The maximum Gasteiger partial charge on any atom is 0.308 e. The number of rotatable bonds is 3. The molecule has 0 radical (unpaired) electrons. The topological polar surface area (TPSA) is 86.3 Å². The highest BCUT2D eigenvalue weighted by Gasteiger charge is 2.43. The number of hydrogen-bond donors (Lipinski definition) is 2. The highest BCUT2D eigenvalue weighted by atomic mass is 79.9. The van der Waals surface area contributed by atoms with Gasteiger partial charge in [-0.3, -0.25) is 14.6 Å². The first-order chi connectivity index (χ1) is 8.90. The van der Waals surface area contributed by atoms with E-state index >= 15 is 0 Å². The highest BCUT2D eigenvalue weighted by Crippen LogP contribution is 2.30. The molecule has 2 rings (SSSR count). The summed E-state index contributed by atoms with van der Waals surface area (Å²) >= 11 is 2.97. The van der Waals surface area contributed by atoms with Crippen LogP contribution in [0.3, 0.4) is 0 Å². The summed E-state index contributed by atoms with van der Waals surface area (Å²) in [7, 11) is 0. The van der Waals surface area contributed by atoms with Gasteiger partial charge in [-0.1, -0.05) is 0 Å². The molecule has 1 saturated heterocycles. The van der Waals surface area contributed by atoms with Gasteiger partial charge in [-0.2, -0.15) is 0 Å². The zero-order valence-electron chi connectivity index (χ0n) is 9.52. The van der Waals surface area contributed by atoms with Crippen LogP contribution in [0, 0.1) is 11.8 Å². The Hall–Kier alpha value is -1.51. The minimum atomic E-state index is -2.73. The first-order valence-electron chi connectivity index (χ1n) is 5.41. The van der Waals surface area contributed by atoms with Crippen molar-refractivity contribution in [1.29, 1.82) is 0 Å². The zero-order chi connectivity index (χ0) is 14.2. The van der Waals surface area contributed by atoms with Crippen LogP contribution in [-0.4, -0.2) is 40.6 Å². The number of halogens is 3. The van der Waals surface area contributed by atoms with E-state index in [0.29, 0.717) is 0 Å². The molecular weight excluding hydrogens is 328 g/mol. The van der Waals surface area contributed by atoms with Gasteiger partial charge in [-0.25, -0.2) is 13.8 Å². The molecule has 1 aromatic rings. The Balaban J connectivity index is 2.25. The number of anilines is 1. The predicted octanol–water partition coefficient (Wildman–Crippen LogP) is 0.934. The van der Waals surface area contributed by atoms with E-state index < -0.39 is 29.8 Å². The summed E-state index contributed by atoms with van der Waals surface area (Å²) in [6.45, 7) is -0.256. The Morgan fingerprint density at radius 1 is 1.58 bits per heavy atom. The van der Waals surface area contributed by atoms with Crippen molar-refractivity contribution in [3.8, 4) is 0 Å². The summed E-state index contributed by atoms with van der Waals surface area (Å²) in [6, 6.07) is 0. The molecule has 0 aromatic carbocycles. The van der Waals surface area contributed by atoms with Gasteiger partial charge in [0, 0.05) is 13.1 Å². The van der Waals surface area contributed by atoms with Crippen LogP contribution < -0.4 is 10.5 Å². The second-order valence-electron chi connectivity index (χ2n) is 4.23. The fourth-order valence-electron chi connectivity index (χ4n) is 2.05. The zero-order valence-corrected chi connectivity index (χ0v) is 11.1. The number of nitrogens with one attached hydrogen (secondary N) is 1. The van der Waals surface area contributed by atoms with Crippen molar-refractivity contribution < 1.29 is 18.7 Å². The Morgan fingerprint density at radius 2 is 2.26 bits per heavy atom. The highest BCUT2D eigenvalue weighted by molar-refractivity contribution is 9.10. The summed E-state index contributed by atoms with van der Waals surface area (Å²) in [5.41, 5.74) is -0.447. The number of aliphatic carboxylic acids is 1. The first-order valence-corrected chi connectivity index (χ1v) is 6.20. The Kier molecular flexibility index (Phi) is 3.83. The molecule has 2 N–H and O–H groups in total. The van der Waals surface area contributed by atoms with Crippen molar-refractivity contribution in [2.75, 3.05) is 18.0 Å². The van der Waals surface area contributed by atoms with Crippen molar-refractivity contribution in [3.63, 3.8) is 0 Å². The maximum absolute atomic E-state index is 12.8. The van der Waals surface area contributed by atoms with E-state index in [9.17, 15) is 18.4 Å². The average Bonchev–Trinajstić information content (AvgIpc) is 2.78.